The number of fused-ring (bicyclic) bond motifs is 1. The zero-order valence-electron chi connectivity index (χ0n) is 15.7. The molecule has 1 fully saturated rings. The van der Waals surface area contributed by atoms with Crippen molar-refractivity contribution in [1.29, 1.82) is 0 Å². The van der Waals surface area contributed by atoms with Gasteiger partial charge in [0, 0.05) is 49.5 Å². The van der Waals surface area contributed by atoms with Crippen LogP contribution in [0.1, 0.15) is 31.4 Å². The minimum atomic E-state index is 0.490. The minimum Gasteiger partial charge on any atom is -0.371 e. The molecule has 0 bridgehead atoms. The Morgan fingerprint density at radius 3 is 2.42 bits per heavy atom. The fraction of sp³-hybridized carbons (Fsp3) is 0.348. The second-order valence-corrected chi connectivity index (χ2v) is 7.31. The summed E-state index contributed by atoms with van der Waals surface area (Å²) in [7, 11) is 2.24. The van der Waals surface area contributed by atoms with Crippen LogP contribution in [0.4, 0.5) is 5.69 Å². The van der Waals surface area contributed by atoms with E-state index in [9.17, 15) is 0 Å². The maximum Gasteiger partial charge on any atom is 0.0722 e. The summed E-state index contributed by atoms with van der Waals surface area (Å²) in [6.45, 7) is 4.62. The highest BCUT2D eigenvalue weighted by Gasteiger charge is 2.26. The molecular formula is C23H27N3. The molecule has 0 N–H and O–H groups in total. The molecule has 0 spiro atoms. The maximum atomic E-state index is 4.50. The molecule has 1 atom stereocenters. The van der Waals surface area contributed by atoms with Crippen LogP contribution < -0.4 is 4.90 Å². The first kappa shape index (κ1) is 17.0. The van der Waals surface area contributed by atoms with Gasteiger partial charge in [0.15, 0.2) is 0 Å². The Balaban J connectivity index is 1.46. The Morgan fingerprint density at radius 1 is 0.962 bits per heavy atom. The van der Waals surface area contributed by atoms with E-state index in [-0.39, 0.29) is 0 Å². The Bertz CT molecular complexity index is 848. The fourth-order valence-corrected chi connectivity index (χ4v) is 4.19. The van der Waals surface area contributed by atoms with Gasteiger partial charge in [-0.3, -0.25) is 9.88 Å². The molecule has 26 heavy (non-hydrogen) atoms. The number of benzene rings is 2. The van der Waals surface area contributed by atoms with Gasteiger partial charge < -0.3 is 4.90 Å². The van der Waals surface area contributed by atoms with Crippen molar-refractivity contribution in [3.05, 3.63) is 72.4 Å². The molecule has 1 aliphatic heterocycles. The van der Waals surface area contributed by atoms with Crippen LogP contribution in [0.5, 0.6) is 0 Å². The molecule has 1 aromatic heterocycles. The molecule has 0 amide bonds. The van der Waals surface area contributed by atoms with Crippen molar-refractivity contribution in [3.8, 4) is 0 Å². The Kier molecular flexibility index (Phi) is 4.89. The van der Waals surface area contributed by atoms with Gasteiger partial charge in [0.1, 0.15) is 0 Å². The molecule has 2 aromatic carbocycles. The van der Waals surface area contributed by atoms with Crippen LogP contribution in [0.3, 0.4) is 0 Å². The zero-order chi connectivity index (χ0) is 17.9. The lowest BCUT2D eigenvalue weighted by atomic mass is 9.98. The van der Waals surface area contributed by atoms with Crippen LogP contribution in [-0.4, -0.2) is 36.1 Å². The summed E-state index contributed by atoms with van der Waals surface area (Å²) >= 11 is 0. The highest BCUT2D eigenvalue weighted by atomic mass is 15.2. The molecule has 0 saturated carbocycles. The smallest absolute Gasteiger partial charge is 0.0722 e. The van der Waals surface area contributed by atoms with Crippen LogP contribution in [0.15, 0.2) is 66.9 Å². The first-order valence-electron chi connectivity index (χ1n) is 9.59. The fourth-order valence-electron chi connectivity index (χ4n) is 4.19. The van der Waals surface area contributed by atoms with Crippen LogP contribution in [0, 0.1) is 0 Å². The van der Waals surface area contributed by atoms with Gasteiger partial charge in [0.25, 0.3) is 0 Å². The molecule has 4 rings (SSSR count). The van der Waals surface area contributed by atoms with E-state index in [1.807, 2.05) is 6.20 Å². The first-order valence-corrected chi connectivity index (χ1v) is 9.59. The summed E-state index contributed by atoms with van der Waals surface area (Å²) in [6.07, 6.45) is 4.33. The van der Waals surface area contributed by atoms with E-state index >= 15 is 0 Å². The third-order valence-electron chi connectivity index (χ3n) is 5.88. The summed E-state index contributed by atoms with van der Waals surface area (Å²) in [4.78, 5) is 9.59. The standard InChI is InChI=1S/C23H27N3/c1-18(19-8-4-3-5-9-19)26-16-13-20(14-17-26)25(2)23-12-15-24-22-11-7-6-10-21(22)23/h3-12,15,18,20H,13-14,16-17H2,1-2H3. The molecule has 2 heterocycles. The van der Waals surface area contributed by atoms with Gasteiger partial charge in [-0.1, -0.05) is 48.5 Å². The SMILES string of the molecule is CC(c1ccccc1)N1CCC(N(C)c2ccnc3ccccc23)CC1. The van der Waals surface area contributed by atoms with E-state index in [0.717, 1.165) is 18.6 Å². The number of anilines is 1. The number of pyridine rings is 1. The van der Waals surface area contributed by atoms with E-state index in [4.69, 9.17) is 0 Å². The van der Waals surface area contributed by atoms with Gasteiger partial charge in [-0.15, -0.1) is 0 Å². The number of para-hydroxylation sites is 1. The normalized spacial score (nSPS) is 17.3. The van der Waals surface area contributed by atoms with Gasteiger partial charge in [-0.25, -0.2) is 0 Å². The van der Waals surface area contributed by atoms with Crippen LogP contribution in [0.2, 0.25) is 0 Å². The predicted molar refractivity (Wildman–Crippen MR) is 110 cm³/mol. The number of rotatable bonds is 4. The van der Waals surface area contributed by atoms with Crippen LogP contribution in [0.25, 0.3) is 10.9 Å². The lowest BCUT2D eigenvalue weighted by Crippen LogP contribution is -2.44. The number of hydrogen-bond donors (Lipinski definition) is 0. The molecule has 3 heteroatoms. The van der Waals surface area contributed by atoms with E-state index in [1.54, 1.807) is 0 Å². The molecule has 3 nitrogen and oxygen atoms in total. The average Bonchev–Trinajstić information content (AvgIpc) is 2.73. The van der Waals surface area contributed by atoms with Gasteiger partial charge in [-0.2, -0.15) is 0 Å². The molecule has 1 aliphatic rings. The predicted octanol–water partition coefficient (Wildman–Crippen LogP) is 4.90. The maximum absolute atomic E-state index is 4.50. The Hall–Kier alpha value is -2.39. The van der Waals surface area contributed by atoms with Gasteiger partial charge in [0.2, 0.25) is 0 Å². The Labute approximate surface area is 156 Å². The Morgan fingerprint density at radius 2 is 1.65 bits per heavy atom. The van der Waals surface area contributed by atoms with Gasteiger partial charge >= 0.3 is 0 Å². The second kappa shape index (κ2) is 7.46. The molecule has 1 unspecified atom stereocenters. The topological polar surface area (TPSA) is 19.4 Å². The second-order valence-electron chi connectivity index (χ2n) is 7.31. The lowest BCUT2D eigenvalue weighted by Gasteiger charge is -2.40. The summed E-state index contributed by atoms with van der Waals surface area (Å²) in [5.41, 5.74) is 3.79. The van der Waals surface area contributed by atoms with Crippen molar-refractivity contribution in [2.45, 2.75) is 31.8 Å². The molecule has 3 aromatic rings. The summed E-state index contributed by atoms with van der Waals surface area (Å²) in [6, 6.07) is 22.5. The van der Waals surface area contributed by atoms with Crippen molar-refractivity contribution >= 4 is 16.6 Å². The van der Waals surface area contributed by atoms with Gasteiger partial charge in [0.05, 0.1) is 5.52 Å². The van der Waals surface area contributed by atoms with Crippen molar-refractivity contribution in [2.75, 3.05) is 25.0 Å². The molecule has 0 aliphatic carbocycles. The third kappa shape index (κ3) is 3.32. The average molecular weight is 345 g/mol. The van der Waals surface area contributed by atoms with Crippen LogP contribution in [-0.2, 0) is 0 Å². The largest absolute Gasteiger partial charge is 0.371 e. The van der Waals surface area contributed by atoms with E-state index in [2.05, 4.69) is 89.4 Å². The van der Waals surface area contributed by atoms with Crippen molar-refractivity contribution < 1.29 is 0 Å². The monoisotopic (exact) mass is 345 g/mol. The van der Waals surface area contributed by atoms with Crippen LogP contribution >= 0.6 is 0 Å². The van der Waals surface area contributed by atoms with Crippen molar-refractivity contribution in [2.24, 2.45) is 0 Å². The summed E-state index contributed by atoms with van der Waals surface area (Å²) in [5.74, 6) is 0. The molecule has 134 valence electrons. The summed E-state index contributed by atoms with van der Waals surface area (Å²) < 4.78 is 0. The highest BCUT2D eigenvalue weighted by molar-refractivity contribution is 5.91. The van der Waals surface area contributed by atoms with Crippen molar-refractivity contribution in [3.63, 3.8) is 0 Å². The van der Waals surface area contributed by atoms with E-state index in [0.29, 0.717) is 12.1 Å². The lowest BCUT2D eigenvalue weighted by molar-refractivity contribution is 0.162. The first-order chi connectivity index (χ1) is 12.7. The quantitative estimate of drug-likeness (QED) is 0.671. The molecular weight excluding hydrogens is 318 g/mol. The van der Waals surface area contributed by atoms with E-state index < -0.39 is 0 Å². The van der Waals surface area contributed by atoms with Gasteiger partial charge in [-0.05, 0) is 37.5 Å². The number of aromatic nitrogens is 1. The number of piperidine rings is 1. The van der Waals surface area contributed by atoms with E-state index in [1.165, 1.54) is 29.5 Å². The molecule has 0 radical (unpaired) electrons. The number of hydrogen-bond acceptors (Lipinski definition) is 3. The highest BCUT2D eigenvalue weighted by Crippen LogP contribution is 2.30. The van der Waals surface area contributed by atoms with Crippen molar-refractivity contribution in [1.82, 2.24) is 9.88 Å². The number of nitrogens with zero attached hydrogens (tertiary/aromatic N) is 3. The summed E-state index contributed by atoms with van der Waals surface area (Å²) in [5, 5.41) is 1.25. The third-order valence-corrected chi connectivity index (χ3v) is 5.88. The zero-order valence-corrected chi connectivity index (χ0v) is 15.7. The minimum absolute atomic E-state index is 0.490. The molecule has 1 saturated heterocycles. The number of likely N-dealkylation sites (tertiary alicyclic amines) is 1.